The van der Waals surface area contributed by atoms with Crippen molar-refractivity contribution in [3.8, 4) is 0 Å². The SMILES string of the molecule is C[n+]1ccc(/C=C/c2cc(/C=C/c3ccc(N(CCO[Si](C)(C)C(C)(C)C)CCO[Si](C)(C)C(C)(C)C)cc3)c(/C=C/c3ccc(N(CCO[Si](C)(C)C(C)(C)C)CCO[Si](C)(C)C(C)(C)C)cc3)cc2/C=C/c2cc[n+](C)cc2)cc1. The normalized spacial score (nSPS) is 13.6. The Kier molecular flexibility index (Phi) is 23.6. The average Bonchev–Trinajstić information content (AvgIpc) is 3.57. The van der Waals surface area contributed by atoms with Crippen molar-refractivity contribution in [3.05, 3.63) is 154 Å². The van der Waals surface area contributed by atoms with Crippen LogP contribution in [-0.4, -0.2) is 85.9 Å². The van der Waals surface area contributed by atoms with Crippen LogP contribution in [0, 0.1) is 0 Å². The van der Waals surface area contributed by atoms with Crippen LogP contribution in [0.15, 0.2) is 110 Å². The molecule has 0 amide bonds. The Labute approximate surface area is 503 Å². The number of nitrogens with zero attached hydrogens (tertiary/aromatic N) is 4. The van der Waals surface area contributed by atoms with Crippen LogP contribution in [0.4, 0.5) is 11.4 Å². The first kappa shape index (κ1) is 68.0. The second kappa shape index (κ2) is 28.4. The molecule has 446 valence electrons. The van der Waals surface area contributed by atoms with Crippen LogP contribution < -0.4 is 18.9 Å². The molecular weight excluding hydrogens is 1070 g/mol. The maximum Gasteiger partial charge on any atom is 0.192 e. The Hall–Kier alpha value is -4.77. The Bertz CT molecular complexity index is 2650. The molecular formula is C70H108N4O4Si4+2. The number of hydrogen-bond acceptors (Lipinski definition) is 6. The minimum atomic E-state index is -1.91. The summed E-state index contributed by atoms with van der Waals surface area (Å²) >= 11 is 0. The largest absolute Gasteiger partial charge is 0.415 e. The third-order valence-electron chi connectivity index (χ3n) is 18.2. The van der Waals surface area contributed by atoms with Gasteiger partial charge in [0.15, 0.2) is 58.1 Å². The molecule has 3 aromatic carbocycles. The lowest BCUT2D eigenvalue weighted by atomic mass is 9.95. The van der Waals surface area contributed by atoms with E-state index in [1.54, 1.807) is 0 Å². The van der Waals surface area contributed by atoms with Gasteiger partial charge in [0.25, 0.3) is 0 Å². The number of hydrogen-bond donors (Lipinski definition) is 0. The predicted molar refractivity (Wildman–Crippen MR) is 367 cm³/mol. The van der Waals surface area contributed by atoms with Gasteiger partial charge >= 0.3 is 0 Å². The van der Waals surface area contributed by atoms with Crippen LogP contribution in [0.3, 0.4) is 0 Å². The smallest absolute Gasteiger partial charge is 0.192 e. The van der Waals surface area contributed by atoms with Crippen LogP contribution in [0.2, 0.25) is 72.5 Å². The van der Waals surface area contributed by atoms with Gasteiger partial charge in [-0.3, -0.25) is 0 Å². The van der Waals surface area contributed by atoms with Crippen LogP contribution in [0.1, 0.15) is 128 Å². The second-order valence-electron chi connectivity index (χ2n) is 28.6. The van der Waals surface area contributed by atoms with Gasteiger partial charge in [-0.15, -0.1) is 0 Å². The molecule has 0 unspecified atom stereocenters. The molecule has 0 aliphatic heterocycles. The van der Waals surface area contributed by atoms with E-state index in [-0.39, 0.29) is 20.2 Å². The van der Waals surface area contributed by atoms with Gasteiger partial charge in [-0.25, -0.2) is 9.13 Å². The predicted octanol–water partition coefficient (Wildman–Crippen LogP) is 17.7. The lowest BCUT2D eigenvalue weighted by Gasteiger charge is -2.38. The van der Waals surface area contributed by atoms with Gasteiger partial charge in [-0.05, 0) is 153 Å². The van der Waals surface area contributed by atoms with E-state index < -0.39 is 33.3 Å². The van der Waals surface area contributed by atoms with Crippen LogP contribution >= 0.6 is 0 Å². The molecule has 0 spiro atoms. The summed E-state index contributed by atoms with van der Waals surface area (Å²) in [5.41, 5.74) is 11.4. The molecule has 0 fully saturated rings. The topological polar surface area (TPSA) is 51.2 Å². The summed E-state index contributed by atoms with van der Waals surface area (Å²) in [5, 5.41) is 0.603. The third-order valence-corrected chi connectivity index (χ3v) is 36.3. The first-order valence-corrected chi connectivity index (χ1v) is 41.7. The van der Waals surface area contributed by atoms with E-state index in [4.69, 9.17) is 17.7 Å². The van der Waals surface area contributed by atoms with E-state index in [1.807, 2.05) is 0 Å². The van der Waals surface area contributed by atoms with Crippen molar-refractivity contribution in [2.24, 2.45) is 14.1 Å². The van der Waals surface area contributed by atoms with E-state index >= 15 is 0 Å². The van der Waals surface area contributed by atoms with Gasteiger partial charge in [-0.1, -0.05) is 156 Å². The lowest BCUT2D eigenvalue weighted by Crippen LogP contribution is -2.44. The molecule has 0 N–H and O–H groups in total. The van der Waals surface area contributed by atoms with Gasteiger partial charge in [0.05, 0.1) is 26.4 Å². The number of rotatable bonds is 26. The maximum atomic E-state index is 6.73. The number of pyridine rings is 2. The molecule has 5 rings (SSSR count). The molecule has 12 heteroatoms. The molecule has 0 radical (unpaired) electrons. The molecule has 8 nitrogen and oxygen atoms in total. The fourth-order valence-corrected chi connectivity index (χ4v) is 12.2. The minimum absolute atomic E-state index is 0.151. The van der Waals surface area contributed by atoms with E-state index in [1.165, 1.54) is 11.4 Å². The van der Waals surface area contributed by atoms with Crippen molar-refractivity contribution in [2.45, 2.75) is 156 Å². The second-order valence-corrected chi connectivity index (χ2v) is 47.9. The number of benzene rings is 3. The Morgan fingerprint density at radius 2 is 0.537 bits per heavy atom. The summed E-state index contributed by atoms with van der Waals surface area (Å²) in [5.74, 6) is 0. The molecule has 0 bridgehead atoms. The highest BCUT2D eigenvalue weighted by Gasteiger charge is 2.40. The number of aromatic nitrogens is 2. The van der Waals surface area contributed by atoms with Crippen LogP contribution in [0.5, 0.6) is 0 Å². The quantitative estimate of drug-likeness (QED) is 0.0312. The van der Waals surface area contributed by atoms with Gasteiger partial charge in [0.2, 0.25) is 0 Å². The Morgan fingerprint density at radius 3 is 0.744 bits per heavy atom. The fourth-order valence-electron chi connectivity index (χ4n) is 8.08. The zero-order valence-corrected chi connectivity index (χ0v) is 59.1. The molecule has 2 heterocycles. The third kappa shape index (κ3) is 20.2. The van der Waals surface area contributed by atoms with Crippen LogP contribution in [0.25, 0.3) is 48.6 Å². The van der Waals surface area contributed by atoms with Crippen molar-refractivity contribution in [1.82, 2.24) is 0 Å². The van der Waals surface area contributed by atoms with E-state index in [0.29, 0.717) is 26.4 Å². The fraction of sp³-hybridized carbons (Fsp3) is 0.486. The van der Waals surface area contributed by atoms with Gasteiger partial charge in [0, 0.05) is 61.8 Å². The molecule has 5 aromatic rings. The monoisotopic (exact) mass is 1180 g/mol. The summed E-state index contributed by atoms with van der Waals surface area (Å²) < 4.78 is 31.1. The molecule has 0 atom stereocenters. The average molecular weight is 1180 g/mol. The number of aryl methyl sites for hydroxylation is 2. The standard InChI is InChI=1S/C70H108N4O4Si4/c1-67(2,3)79(15,16)75-51-47-73(48-52-76-80(17,18)68(4,5)6)65-35-27-57(28-36-65)23-31-61-55-63(33-25-59-39-43-71(13)44-40-59)64(34-26-60-41-45-72(14)46-42-60)56-62(61)32-24-58-29-37-66(38-30-58)74(49-53-77-81(19,20)69(7,8)9)50-54-78-82(21,22)70(10,11)12/h23-46,55-56H,47-54H2,1-22H3/q+2. The molecule has 2 aromatic heterocycles. The van der Waals surface area contributed by atoms with Crippen molar-refractivity contribution in [1.29, 1.82) is 0 Å². The summed E-state index contributed by atoms with van der Waals surface area (Å²) in [7, 11) is -3.55. The Morgan fingerprint density at radius 1 is 0.329 bits per heavy atom. The van der Waals surface area contributed by atoms with E-state index in [9.17, 15) is 0 Å². The van der Waals surface area contributed by atoms with Crippen molar-refractivity contribution < 1.29 is 26.8 Å². The summed E-state index contributed by atoms with van der Waals surface area (Å²) in [6.07, 6.45) is 26.3. The molecule has 0 saturated carbocycles. The van der Waals surface area contributed by atoms with Crippen molar-refractivity contribution >= 4 is 93.3 Å². The summed E-state index contributed by atoms with van der Waals surface area (Å²) in [6.45, 7) is 52.4. The highest BCUT2D eigenvalue weighted by atomic mass is 28.4. The van der Waals surface area contributed by atoms with Crippen molar-refractivity contribution in [3.63, 3.8) is 0 Å². The molecule has 82 heavy (non-hydrogen) atoms. The molecule has 0 aliphatic carbocycles. The highest BCUT2D eigenvalue weighted by Crippen LogP contribution is 2.40. The lowest BCUT2D eigenvalue weighted by molar-refractivity contribution is -0.671. The van der Waals surface area contributed by atoms with Gasteiger partial charge in [0.1, 0.15) is 14.1 Å². The zero-order chi connectivity index (χ0) is 61.0. The first-order valence-electron chi connectivity index (χ1n) is 30.0. The Balaban J connectivity index is 1.53. The van der Waals surface area contributed by atoms with Gasteiger partial charge < -0.3 is 27.5 Å². The maximum absolute atomic E-state index is 6.73. The molecule has 0 aliphatic rings. The molecule has 0 saturated heterocycles. The van der Waals surface area contributed by atoms with Gasteiger partial charge in [-0.2, -0.15) is 0 Å². The van der Waals surface area contributed by atoms with Crippen LogP contribution in [-0.2, 0) is 31.8 Å². The first-order chi connectivity index (χ1) is 38.0. The number of anilines is 2. The summed E-state index contributed by atoms with van der Waals surface area (Å²) in [4.78, 5) is 4.89. The van der Waals surface area contributed by atoms with E-state index in [0.717, 1.165) is 70.7 Å². The highest BCUT2D eigenvalue weighted by molar-refractivity contribution is 6.75. The van der Waals surface area contributed by atoms with E-state index in [2.05, 4.69) is 327 Å². The minimum Gasteiger partial charge on any atom is -0.415 e. The van der Waals surface area contributed by atoms with Crippen molar-refractivity contribution in [2.75, 3.05) is 62.4 Å². The summed E-state index contributed by atoms with van der Waals surface area (Å²) in [6, 6.07) is 31.3. The zero-order valence-electron chi connectivity index (χ0n) is 55.1.